The number of Topliss-reactive ketones (excluding diaryl/α,β-unsaturated/α-hetero) is 1. The van der Waals surface area contributed by atoms with E-state index >= 15 is 0 Å². The number of fused-ring (bicyclic) bond motifs is 2. The van der Waals surface area contributed by atoms with E-state index in [-0.39, 0.29) is 5.78 Å². The van der Waals surface area contributed by atoms with Crippen LogP contribution in [0, 0.1) is 6.92 Å². The van der Waals surface area contributed by atoms with Crippen molar-refractivity contribution in [3.63, 3.8) is 0 Å². The van der Waals surface area contributed by atoms with Gasteiger partial charge in [0.05, 0.1) is 0 Å². The van der Waals surface area contributed by atoms with Crippen molar-refractivity contribution < 1.29 is 13.9 Å². The molecule has 1 unspecified atom stereocenters. The Balaban J connectivity index is 2.22. The van der Waals surface area contributed by atoms with Crippen molar-refractivity contribution in [3.05, 3.63) is 33.4 Å². The number of aryl methyl sites for hydroxylation is 1. The highest BCUT2D eigenvalue weighted by atomic mass is 16.5. The van der Waals surface area contributed by atoms with Crippen molar-refractivity contribution >= 4 is 11.9 Å². The molecule has 1 aromatic heterocycles. The zero-order valence-corrected chi connectivity index (χ0v) is 10.4. The van der Waals surface area contributed by atoms with Gasteiger partial charge in [-0.15, -0.1) is 0 Å². The second-order valence-electron chi connectivity index (χ2n) is 5.00. The number of ether oxygens (including phenoxy) is 1. The molecular formula is C14H14O4. The molecule has 3 rings (SSSR count). The minimum absolute atomic E-state index is 0.0801. The molecule has 4 nitrogen and oxygen atoms in total. The van der Waals surface area contributed by atoms with Gasteiger partial charge in [0.2, 0.25) is 0 Å². The van der Waals surface area contributed by atoms with Crippen molar-refractivity contribution in [1.82, 2.24) is 0 Å². The molecule has 1 saturated carbocycles. The normalized spacial score (nSPS) is 25.9. The van der Waals surface area contributed by atoms with Crippen LogP contribution in [0.25, 0.3) is 6.08 Å². The highest BCUT2D eigenvalue weighted by Crippen LogP contribution is 2.40. The van der Waals surface area contributed by atoms with Gasteiger partial charge in [-0.05, 0) is 38.3 Å². The maximum absolute atomic E-state index is 12.1. The fraction of sp³-hybridized carbons (Fsp3) is 0.429. The van der Waals surface area contributed by atoms with Crippen LogP contribution in [0.2, 0.25) is 0 Å². The first kappa shape index (κ1) is 11.3. The lowest BCUT2D eigenvalue weighted by molar-refractivity contribution is -0.132. The van der Waals surface area contributed by atoms with Crippen LogP contribution in [-0.4, -0.2) is 11.4 Å². The van der Waals surface area contributed by atoms with Crippen LogP contribution in [0.4, 0.5) is 0 Å². The molecule has 2 heterocycles. The molecule has 94 valence electrons. The largest absolute Gasteiger partial charge is 0.474 e. The molecule has 1 aliphatic heterocycles. The number of carbonyl (C=O) groups excluding carboxylic acids is 1. The van der Waals surface area contributed by atoms with Gasteiger partial charge in [0.25, 0.3) is 0 Å². The SMILES string of the molecule is Cc1cc2c(c(=O)o1)C=C1CCCC(=O)C1(C)O2. The molecule has 0 amide bonds. The zero-order chi connectivity index (χ0) is 12.9. The Hall–Kier alpha value is -1.84. The topological polar surface area (TPSA) is 56.5 Å². The Morgan fingerprint density at radius 1 is 1.28 bits per heavy atom. The van der Waals surface area contributed by atoms with E-state index in [1.807, 2.05) is 0 Å². The van der Waals surface area contributed by atoms with Gasteiger partial charge in [-0.1, -0.05) is 0 Å². The Labute approximate surface area is 104 Å². The summed E-state index contributed by atoms with van der Waals surface area (Å²) in [6.07, 6.45) is 3.90. The lowest BCUT2D eigenvalue weighted by atomic mass is 9.78. The molecule has 0 spiro atoms. The van der Waals surface area contributed by atoms with E-state index in [0.29, 0.717) is 23.5 Å². The fourth-order valence-corrected chi connectivity index (χ4v) is 2.63. The van der Waals surface area contributed by atoms with E-state index in [2.05, 4.69) is 0 Å². The predicted molar refractivity (Wildman–Crippen MR) is 65.6 cm³/mol. The molecule has 1 aliphatic carbocycles. The average Bonchev–Trinajstić information content (AvgIpc) is 2.29. The van der Waals surface area contributed by atoms with Gasteiger partial charge in [0.15, 0.2) is 11.4 Å². The first-order chi connectivity index (χ1) is 8.50. The van der Waals surface area contributed by atoms with E-state index in [1.165, 1.54) is 0 Å². The van der Waals surface area contributed by atoms with Crippen LogP contribution in [0.1, 0.15) is 37.5 Å². The molecule has 4 heteroatoms. The number of ketones is 1. The molecule has 1 atom stereocenters. The molecule has 1 aromatic rings. The summed E-state index contributed by atoms with van der Waals surface area (Å²) in [5.74, 6) is 1.02. The molecule has 2 aliphatic rings. The average molecular weight is 246 g/mol. The van der Waals surface area contributed by atoms with E-state index < -0.39 is 11.2 Å². The van der Waals surface area contributed by atoms with Gasteiger partial charge in [-0.25, -0.2) is 4.79 Å². The molecule has 0 saturated heterocycles. The third-order valence-electron chi connectivity index (χ3n) is 3.70. The highest BCUT2D eigenvalue weighted by Gasteiger charge is 2.44. The summed E-state index contributed by atoms with van der Waals surface area (Å²) in [4.78, 5) is 23.8. The first-order valence-electron chi connectivity index (χ1n) is 6.09. The van der Waals surface area contributed by atoms with Gasteiger partial charge >= 0.3 is 5.63 Å². The van der Waals surface area contributed by atoms with Crippen LogP contribution in [0.15, 0.2) is 20.9 Å². The summed E-state index contributed by atoms with van der Waals surface area (Å²) in [6.45, 7) is 3.47. The second-order valence-corrected chi connectivity index (χ2v) is 5.00. The van der Waals surface area contributed by atoms with Crippen molar-refractivity contribution in [2.45, 2.75) is 38.7 Å². The smallest absolute Gasteiger partial charge is 0.346 e. The third kappa shape index (κ3) is 1.45. The van der Waals surface area contributed by atoms with Crippen molar-refractivity contribution in [2.75, 3.05) is 0 Å². The lowest BCUT2D eigenvalue weighted by Crippen LogP contribution is -2.47. The van der Waals surface area contributed by atoms with Gasteiger partial charge in [-0.2, -0.15) is 0 Å². The van der Waals surface area contributed by atoms with Crippen LogP contribution in [-0.2, 0) is 4.79 Å². The molecule has 0 bridgehead atoms. The predicted octanol–water partition coefficient (Wildman–Crippen LogP) is 2.24. The van der Waals surface area contributed by atoms with E-state index in [1.54, 1.807) is 26.0 Å². The van der Waals surface area contributed by atoms with E-state index in [9.17, 15) is 9.59 Å². The van der Waals surface area contributed by atoms with Crippen molar-refractivity contribution in [1.29, 1.82) is 0 Å². The van der Waals surface area contributed by atoms with Crippen molar-refractivity contribution in [3.8, 4) is 5.75 Å². The van der Waals surface area contributed by atoms with Crippen LogP contribution < -0.4 is 10.4 Å². The van der Waals surface area contributed by atoms with Crippen LogP contribution in [0.3, 0.4) is 0 Å². The molecule has 1 fully saturated rings. The maximum atomic E-state index is 12.1. The maximum Gasteiger partial charge on any atom is 0.346 e. The number of carbonyl (C=O) groups is 1. The Bertz CT molecular complexity index is 623. The summed E-state index contributed by atoms with van der Waals surface area (Å²) in [7, 11) is 0. The summed E-state index contributed by atoms with van der Waals surface area (Å²) >= 11 is 0. The number of hydrogen-bond donors (Lipinski definition) is 0. The molecule has 18 heavy (non-hydrogen) atoms. The van der Waals surface area contributed by atoms with Gasteiger partial charge in [-0.3, -0.25) is 4.79 Å². The number of hydrogen-bond acceptors (Lipinski definition) is 4. The Kier molecular flexibility index (Phi) is 2.24. The molecule has 0 N–H and O–H groups in total. The fourth-order valence-electron chi connectivity index (χ4n) is 2.63. The summed E-state index contributed by atoms with van der Waals surface area (Å²) in [5, 5.41) is 0. The van der Waals surface area contributed by atoms with Gasteiger partial charge < -0.3 is 9.15 Å². The minimum Gasteiger partial charge on any atom is -0.474 e. The number of rotatable bonds is 0. The lowest BCUT2D eigenvalue weighted by Gasteiger charge is -2.38. The summed E-state index contributed by atoms with van der Waals surface area (Å²) in [6, 6.07) is 1.66. The summed E-state index contributed by atoms with van der Waals surface area (Å²) < 4.78 is 10.9. The second kappa shape index (κ2) is 3.57. The Morgan fingerprint density at radius 3 is 2.83 bits per heavy atom. The van der Waals surface area contributed by atoms with E-state index in [0.717, 1.165) is 18.4 Å². The van der Waals surface area contributed by atoms with Crippen LogP contribution >= 0.6 is 0 Å². The van der Waals surface area contributed by atoms with Gasteiger partial charge in [0, 0.05) is 12.5 Å². The minimum atomic E-state index is -0.897. The van der Waals surface area contributed by atoms with Crippen LogP contribution in [0.5, 0.6) is 5.75 Å². The first-order valence-corrected chi connectivity index (χ1v) is 6.09. The van der Waals surface area contributed by atoms with Gasteiger partial charge in [0.1, 0.15) is 17.1 Å². The third-order valence-corrected chi connectivity index (χ3v) is 3.70. The van der Waals surface area contributed by atoms with Crippen molar-refractivity contribution in [2.24, 2.45) is 0 Å². The zero-order valence-electron chi connectivity index (χ0n) is 10.4. The summed E-state index contributed by atoms with van der Waals surface area (Å²) in [5.41, 5.74) is -0.00590. The molecule has 0 aromatic carbocycles. The highest BCUT2D eigenvalue weighted by molar-refractivity contribution is 5.94. The Morgan fingerprint density at radius 2 is 2.06 bits per heavy atom. The monoisotopic (exact) mass is 246 g/mol. The van der Waals surface area contributed by atoms with E-state index in [4.69, 9.17) is 9.15 Å². The molecule has 0 radical (unpaired) electrons. The standard InChI is InChI=1S/C14H14O4/c1-8-6-11-10(13(16)17-8)7-9-4-3-5-12(15)14(9,2)18-11/h6-7H,3-5H2,1-2H3. The molecular weight excluding hydrogens is 232 g/mol. The quantitative estimate of drug-likeness (QED) is 0.704.